The maximum absolute atomic E-state index is 12.9. The first-order chi connectivity index (χ1) is 12.5. The molecule has 1 unspecified atom stereocenters. The quantitative estimate of drug-likeness (QED) is 0.809. The number of aryl methyl sites for hydroxylation is 2. The molecule has 2 aliphatic rings. The molecule has 138 valence electrons. The van der Waals surface area contributed by atoms with Crippen LogP contribution in [0.2, 0.25) is 0 Å². The molecule has 1 amide bonds. The molecule has 0 radical (unpaired) electrons. The first kappa shape index (κ1) is 17.5. The van der Waals surface area contributed by atoms with E-state index in [0.717, 1.165) is 55.5 Å². The van der Waals surface area contributed by atoms with Gasteiger partial charge in [0.25, 0.3) is 5.91 Å². The molecule has 2 aromatic heterocycles. The average Bonchev–Trinajstić information content (AvgIpc) is 3.07. The van der Waals surface area contributed by atoms with Crippen LogP contribution in [-0.4, -0.2) is 47.0 Å². The van der Waals surface area contributed by atoms with Crippen molar-refractivity contribution in [1.82, 2.24) is 14.9 Å². The van der Waals surface area contributed by atoms with Crippen LogP contribution >= 0.6 is 11.3 Å². The van der Waals surface area contributed by atoms with E-state index in [-0.39, 0.29) is 11.3 Å². The number of hydrogen-bond donors (Lipinski definition) is 0. The highest BCUT2D eigenvalue weighted by Gasteiger charge is 2.41. The second kappa shape index (κ2) is 6.99. The van der Waals surface area contributed by atoms with Crippen molar-refractivity contribution in [3.63, 3.8) is 0 Å². The lowest BCUT2D eigenvalue weighted by Gasteiger charge is -2.48. The number of aromatic nitrogens is 2. The summed E-state index contributed by atoms with van der Waals surface area (Å²) in [5, 5.41) is 2.06. The molecule has 0 saturated carbocycles. The summed E-state index contributed by atoms with van der Waals surface area (Å²) >= 11 is 1.56. The Balaban J connectivity index is 1.51. The summed E-state index contributed by atoms with van der Waals surface area (Å²) in [4.78, 5) is 27.3. The molecule has 0 bridgehead atoms. The van der Waals surface area contributed by atoms with Crippen molar-refractivity contribution in [3.05, 3.63) is 39.8 Å². The Kier molecular flexibility index (Phi) is 4.69. The van der Waals surface area contributed by atoms with E-state index < -0.39 is 0 Å². The van der Waals surface area contributed by atoms with Crippen LogP contribution in [0.25, 0.3) is 0 Å². The van der Waals surface area contributed by atoms with Crippen LogP contribution in [0.5, 0.6) is 0 Å². The molecule has 5 nitrogen and oxygen atoms in total. The van der Waals surface area contributed by atoms with Crippen molar-refractivity contribution in [2.24, 2.45) is 5.41 Å². The molecular formula is C20H26N4OS. The van der Waals surface area contributed by atoms with Gasteiger partial charge in [-0.2, -0.15) is 0 Å². The number of carbonyl (C=O) groups excluding carboxylic acids is 1. The summed E-state index contributed by atoms with van der Waals surface area (Å²) in [6.07, 6.45) is 6.43. The second-order valence-corrected chi connectivity index (χ2v) is 8.75. The molecule has 6 heteroatoms. The zero-order valence-corrected chi connectivity index (χ0v) is 16.4. The first-order valence-electron chi connectivity index (χ1n) is 9.44. The van der Waals surface area contributed by atoms with E-state index in [1.54, 1.807) is 11.3 Å². The van der Waals surface area contributed by atoms with Crippen molar-refractivity contribution in [3.8, 4) is 0 Å². The topological polar surface area (TPSA) is 49.3 Å². The van der Waals surface area contributed by atoms with Gasteiger partial charge in [-0.15, -0.1) is 11.3 Å². The van der Waals surface area contributed by atoms with Crippen LogP contribution in [0.15, 0.2) is 23.7 Å². The predicted molar refractivity (Wildman–Crippen MR) is 105 cm³/mol. The molecule has 0 N–H and O–H groups in total. The van der Waals surface area contributed by atoms with Crippen LogP contribution in [0.3, 0.4) is 0 Å². The summed E-state index contributed by atoms with van der Waals surface area (Å²) in [5.74, 6) is 1.03. The molecule has 2 saturated heterocycles. The maximum Gasteiger partial charge on any atom is 0.263 e. The largest absolute Gasteiger partial charge is 0.340 e. The molecule has 0 aliphatic carbocycles. The Morgan fingerprint density at radius 3 is 2.73 bits per heavy atom. The monoisotopic (exact) mass is 370 g/mol. The smallest absolute Gasteiger partial charge is 0.263 e. The SMILES string of the molecule is Cc1csc(C(=O)N2CCCC3(CCCN(c4nccc(C)n4)C3)C2)c1. The number of thiophene rings is 1. The van der Waals surface area contributed by atoms with Gasteiger partial charge in [0.15, 0.2) is 0 Å². The van der Waals surface area contributed by atoms with E-state index in [0.29, 0.717) is 0 Å². The molecule has 2 aliphatic heterocycles. The molecule has 2 fully saturated rings. The molecule has 4 rings (SSSR count). The van der Waals surface area contributed by atoms with Crippen LogP contribution in [0.1, 0.15) is 46.6 Å². The third-order valence-electron chi connectivity index (χ3n) is 5.62. The molecule has 4 heterocycles. The van der Waals surface area contributed by atoms with Gasteiger partial charge in [0, 0.05) is 43.5 Å². The second-order valence-electron chi connectivity index (χ2n) is 7.84. The van der Waals surface area contributed by atoms with Crippen molar-refractivity contribution < 1.29 is 4.79 Å². The summed E-state index contributed by atoms with van der Waals surface area (Å²) in [7, 11) is 0. The number of hydrogen-bond acceptors (Lipinski definition) is 5. The molecule has 1 spiro atoms. The van der Waals surface area contributed by atoms with Crippen LogP contribution in [0, 0.1) is 19.3 Å². The molecular weight excluding hydrogens is 344 g/mol. The lowest BCUT2D eigenvalue weighted by atomic mass is 9.73. The lowest BCUT2D eigenvalue weighted by Crippen LogP contribution is -2.54. The number of piperidine rings is 2. The molecule has 26 heavy (non-hydrogen) atoms. The minimum Gasteiger partial charge on any atom is -0.340 e. The Morgan fingerprint density at radius 1 is 1.19 bits per heavy atom. The first-order valence-corrected chi connectivity index (χ1v) is 10.3. The highest BCUT2D eigenvalue weighted by atomic mass is 32.1. The van der Waals surface area contributed by atoms with Crippen LogP contribution in [0.4, 0.5) is 5.95 Å². The van der Waals surface area contributed by atoms with Gasteiger partial charge in [-0.25, -0.2) is 9.97 Å². The van der Waals surface area contributed by atoms with Crippen molar-refractivity contribution >= 4 is 23.2 Å². The van der Waals surface area contributed by atoms with Gasteiger partial charge in [0.05, 0.1) is 4.88 Å². The number of rotatable bonds is 2. The number of likely N-dealkylation sites (tertiary alicyclic amines) is 1. The van der Waals surface area contributed by atoms with Crippen LogP contribution < -0.4 is 4.90 Å². The van der Waals surface area contributed by atoms with E-state index in [9.17, 15) is 4.79 Å². The number of nitrogens with zero attached hydrogens (tertiary/aromatic N) is 4. The predicted octanol–water partition coefficient (Wildman–Crippen LogP) is 3.68. The fourth-order valence-electron chi connectivity index (χ4n) is 4.38. The normalized spacial score (nSPS) is 23.5. The van der Waals surface area contributed by atoms with E-state index >= 15 is 0 Å². The Labute approximate surface area is 159 Å². The van der Waals surface area contributed by atoms with Gasteiger partial charge < -0.3 is 9.80 Å². The highest BCUT2D eigenvalue weighted by molar-refractivity contribution is 7.12. The van der Waals surface area contributed by atoms with E-state index in [2.05, 4.69) is 25.1 Å². The third-order valence-corrected chi connectivity index (χ3v) is 6.65. The number of amides is 1. The van der Waals surface area contributed by atoms with Gasteiger partial charge in [0.1, 0.15) is 0 Å². The fourth-order valence-corrected chi connectivity index (χ4v) is 5.25. The van der Waals surface area contributed by atoms with Gasteiger partial charge >= 0.3 is 0 Å². The van der Waals surface area contributed by atoms with Crippen LogP contribution in [-0.2, 0) is 0 Å². The molecule has 2 aromatic rings. The third kappa shape index (κ3) is 3.47. The summed E-state index contributed by atoms with van der Waals surface area (Å²) in [6.45, 7) is 7.73. The van der Waals surface area contributed by atoms with Gasteiger partial charge in [-0.05, 0) is 62.6 Å². The Hall–Kier alpha value is -1.95. The van der Waals surface area contributed by atoms with Crippen molar-refractivity contribution in [1.29, 1.82) is 0 Å². The average molecular weight is 371 g/mol. The zero-order valence-electron chi connectivity index (χ0n) is 15.6. The minimum atomic E-state index is 0.172. The lowest BCUT2D eigenvalue weighted by molar-refractivity contribution is 0.0469. The Bertz CT molecular complexity index is 801. The summed E-state index contributed by atoms with van der Waals surface area (Å²) < 4.78 is 0. The summed E-state index contributed by atoms with van der Waals surface area (Å²) in [6, 6.07) is 3.95. The highest BCUT2D eigenvalue weighted by Crippen LogP contribution is 2.39. The number of anilines is 1. The molecule has 1 atom stereocenters. The zero-order chi connectivity index (χ0) is 18.1. The minimum absolute atomic E-state index is 0.172. The fraction of sp³-hybridized carbons (Fsp3) is 0.550. The molecule has 0 aromatic carbocycles. The Morgan fingerprint density at radius 2 is 2.00 bits per heavy atom. The maximum atomic E-state index is 12.9. The van der Waals surface area contributed by atoms with E-state index in [4.69, 9.17) is 0 Å². The van der Waals surface area contributed by atoms with Gasteiger partial charge in [0.2, 0.25) is 5.95 Å². The summed E-state index contributed by atoms with van der Waals surface area (Å²) in [5.41, 5.74) is 2.35. The van der Waals surface area contributed by atoms with Crippen molar-refractivity contribution in [2.75, 3.05) is 31.1 Å². The standard InChI is InChI=1S/C20H26N4OS/c1-15-11-17(26-12-15)18(25)23-9-3-6-20(13-23)7-4-10-24(14-20)19-21-8-5-16(2)22-19/h5,8,11-12H,3-4,6-7,9-10,13-14H2,1-2H3. The number of carbonyl (C=O) groups is 1. The van der Waals surface area contributed by atoms with E-state index in [1.165, 1.54) is 18.4 Å². The van der Waals surface area contributed by atoms with Gasteiger partial charge in [-0.3, -0.25) is 4.79 Å². The van der Waals surface area contributed by atoms with E-state index in [1.807, 2.05) is 32.2 Å². The van der Waals surface area contributed by atoms with Gasteiger partial charge in [-0.1, -0.05) is 0 Å². The van der Waals surface area contributed by atoms with Crippen molar-refractivity contribution in [2.45, 2.75) is 39.5 Å².